The first-order chi connectivity index (χ1) is 11.2. The van der Waals surface area contributed by atoms with Gasteiger partial charge in [-0.1, -0.05) is 6.07 Å². The van der Waals surface area contributed by atoms with Crippen LogP contribution in [-0.4, -0.2) is 33.5 Å². The van der Waals surface area contributed by atoms with Crippen molar-refractivity contribution in [1.82, 2.24) is 4.98 Å². The maximum Gasteiger partial charge on any atom is 0.265 e. The van der Waals surface area contributed by atoms with E-state index in [0.717, 1.165) is 19.3 Å². The van der Waals surface area contributed by atoms with Crippen LogP contribution in [0.3, 0.4) is 0 Å². The van der Waals surface area contributed by atoms with Crippen LogP contribution in [0.2, 0.25) is 0 Å². The van der Waals surface area contributed by atoms with Crippen molar-refractivity contribution >= 4 is 21.6 Å². The zero-order valence-corrected chi connectivity index (χ0v) is 14.1. The minimum absolute atomic E-state index is 0.165. The topological polar surface area (TPSA) is 103 Å². The highest BCUT2D eigenvalue weighted by atomic mass is 32.2. The van der Waals surface area contributed by atoms with Crippen LogP contribution < -0.4 is 14.8 Å². The average molecular weight is 353 g/mol. The van der Waals surface area contributed by atoms with Gasteiger partial charge < -0.3 is 10.5 Å². The Morgan fingerprint density at radius 3 is 2.58 bits per heavy atom. The lowest BCUT2D eigenvalue weighted by atomic mass is 10.1. The van der Waals surface area contributed by atoms with E-state index in [2.05, 4.69) is 4.98 Å². The van der Waals surface area contributed by atoms with Crippen molar-refractivity contribution in [2.24, 2.45) is 5.73 Å². The van der Waals surface area contributed by atoms with E-state index < -0.39 is 27.4 Å². The summed E-state index contributed by atoms with van der Waals surface area (Å²) in [6, 6.07) is 4.93. The maximum absolute atomic E-state index is 14.2. The van der Waals surface area contributed by atoms with Gasteiger partial charge in [-0.25, -0.2) is 17.8 Å². The van der Waals surface area contributed by atoms with E-state index in [9.17, 15) is 17.6 Å². The number of nitrogens with zero attached hydrogens (tertiary/aromatic N) is 2. The largest absolute Gasteiger partial charge is 0.481 e. The molecule has 0 aliphatic rings. The number of carbonyl (C=O) groups is 1. The molecule has 0 fully saturated rings. The van der Waals surface area contributed by atoms with Crippen molar-refractivity contribution in [3.8, 4) is 5.88 Å². The van der Waals surface area contributed by atoms with Gasteiger partial charge in [-0.05, 0) is 25.1 Å². The van der Waals surface area contributed by atoms with Gasteiger partial charge in [-0.2, -0.15) is 0 Å². The van der Waals surface area contributed by atoms with E-state index in [0.29, 0.717) is 9.87 Å². The lowest BCUT2D eigenvalue weighted by molar-refractivity contribution is 0.100. The van der Waals surface area contributed by atoms with E-state index in [1.807, 2.05) is 0 Å². The predicted octanol–water partition coefficient (Wildman–Crippen LogP) is 1.46. The van der Waals surface area contributed by atoms with Crippen molar-refractivity contribution in [3.05, 3.63) is 47.4 Å². The van der Waals surface area contributed by atoms with Crippen LogP contribution in [0.4, 0.5) is 10.1 Å². The van der Waals surface area contributed by atoms with Gasteiger partial charge in [0.2, 0.25) is 5.88 Å². The number of para-hydroxylation sites is 1. The number of aryl methyl sites for hydroxylation is 1. The highest BCUT2D eigenvalue weighted by Gasteiger charge is 2.28. The zero-order valence-electron chi connectivity index (χ0n) is 13.3. The number of benzene rings is 1. The van der Waals surface area contributed by atoms with Gasteiger partial charge in [0.05, 0.1) is 24.6 Å². The van der Waals surface area contributed by atoms with Crippen LogP contribution in [0.5, 0.6) is 5.88 Å². The van der Waals surface area contributed by atoms with Gasteiger partial charge in [0.15, 0.2) is 0 Å². The molecule has 0 unspecified atom stereocenters. The summed E-state index contributed by atoms with van der Waals surface area (Å²) in [6.07, 6.45) is 1.10. The molecule has 0 spiro atoms. The molecule has 0 bridgehead atoms. The number of halogens is 1. The molecule has 2 rings (SSSR count). The Kier molecular flexibility index (Phi) is 4.74. The number of rotatable bonds is 5. The molecule has 1 aromatic heterocycles. The Hall–Kier alpha value is -2.68. The first kappa shape index (κ1) is 17.7. The lowest BCUT2D eigenvalue weighted by Crippen LogP contribution is -2.30. The number of sulfonamides is 1. The third-order valence-corrected chi connectivity index (χ3v) is 5.15. The number of anilines is 1. The Morgan fingerprint density at radius 1 is 1.38 bits per heavy atom. The highest BCUT2D eigenvalue weighted by Crippen LogP contribution is 2.29. The van der Waals surface area contributed by atoms with Crippen LogP contribution >= 0.6 is 0 Å². The van der Waals surface area contributed by atoms with Crippen LogP contribution in [0.25, 0.3) is 0 Å². The summed E-state index contributed by atoms with van der Waals surface area (Å²) in [7, 11) is -1.60. The summed E-state index contributed by atoms with van der Waals surface area (Å²) >= 11 is 0. The number of hydrogen-bond acceptors (Lipinski definition) is 5. The lowest BCUT2D eigenvalue weighted by Gasteiger charge is -2.22. The summed E-state index contributed by atoms with van der Waals surface area (Å²) < 4.78 is 45.3. The third-order valence-electron chi connectivity index (χ3n) is 3.42. The van der Waals surface area contributed by atoms with Gasteiger partial charge in [0, 0.05) is 12.6 Å². The monoisotopic (exact) mass is 353 g/mol. The van der Waals surface area contributed by atoms with Crippen molar-refractivity contribution < 1.29 is 22.3 Å². The molecule has 0 aliphatic heterocycles. The molecule has 0 saturated heterocycles. The fraction of sp³-hybridized carbons (Fsp3) is 0.200. The molecule has 2 aromatic rings. The molecule has 0 atom stereocenters. The van der Waals surface area contributed by atoms with Crippen LogP contribution in [0.1, 0.15) is 15.9 Å². The van der Waals surface area contributed by atoms with Gasteiger partial charge in [-0.15, -0.1) is 0 Å². The molecule has 0 saturated carbocycles. The number of amides is 1. The second-order valence-corrected chi connectivity index (χ2v) is 6.94. The van der Waals surface area contributed by atoms with Crippen molar-refractivity contribution in [1.29, 1.82) is 0 Å². The maximum atomic E-state index is 14.2. The number of aromatic nitrogens is 1. The molecular weight excluding hydrogens is 337 g/mol. The average Bonchev–Trinajstić information content (AvgIpc) is 2.53. The molecule has 1 aromatic carbocycles. The van der Waals surface area contributed by atoms with Gasteiger partial charge >= 0.3 is 0 Å². The Bertz CT molecular complexity index is 900. The molecule has 1 amide bonds. The first-order valence-electron chi connectivity index (χ1n) is 6.78. The summed E-state index contributed by atoms with van der Waals surface area (Å²) in [4.78, 5) is 15.2. The summed E-state index contributed by atoms with van der Waals surface area (Å²) in [6.45, 7) is 1.63. The number of hydrogen-bond donors (Lipinski definition) is 1. The number of pyridine rings is 1. The number of primary amides is 1. The van der Waals surface area contributed by atoms with E-state index >= 15 is 0 Å². The van der Waals surface area contributed by atoms with E-state index in [-0.39, 0.29) is 16.3 Å². The predicted molar refractivity (Wildman–Crippen MR) is 86.0 cm³/mol. The van der Waals surface area contributed by atoms with Crippen molar-refractivity contribution in [3.63, 3.8) is 0 Å². The van der Waals surface area contributed by atoms with Crippen LogP contribution in [0.15, 0.2) is 35.4 Å². The fourth-order valence-corrected chi connectivity index (χ4v) is 3.46. The Balaban J connectivity index is 2.59. The number of carbonyl (C=O) groups excluding carboxylic acids is 1. The Morgan fingerprint density at radius 2 is 2.04 bits per heavy atom. The fourth-order valence-electron chi connectivity index (χ4n) is 2.20. The van der Waals surface area contributed by atoms with Crippen LogP contribution in [-0.2, 0) is 10.0 Å². The number of methoxy groups -OCH3 is 1. The van der Waals surface area contributed by atoms with E-state index in [1.165, 1.54) is 25.3 Å². The van der Waals surface area contributed by atoms with Crippen LogP contribution in [0, 0.1) is 12.7 Å². The second-order valence-electron chi connectivity index (χ2n) is 4.97. The number of nitrogens with two attached hydrogens (primary N) is 1. The van der Waals surface area contributed by atoms with E-state index in [4.69, 9.17) is 10.5 Å². The highest BCUT2D eigenvalue weighted by molar-refractivity contribution is 7.92. The van der Waals surface area contributed by atoms with Crippen molar-refractivity contribution in [2.75, 3.05) is 18.5 Å². The minimum Gasteiger partial charge on any atom is -0.481 e. The molecule has 9 heteroatoms. The van der Waals surface area contributed by atoms with Crippen molar-refractivity contribution in [2.45, 2.75) is 11.8 Å². The quantitative estimate of drug-likeness (QED) is 0.877. The molecule has 7 nitrogen and oxygen atoms in total. The Labute approximate surface area is 138 Å². The first-order valence-corrected chi connectivity index (χ1v) is 8.22. The molecule has 2 N–H and O–H groups in total. The van der Waals surface area contributed by atoms with Gasteiger partial charge in [-0.3, -0.25) is 9.10 Å². The third kappa shape index (κ3) is 3.02. The zero-order chi connectivity index (χ0) is 18.1. The van der Waals surface area contributed by atoms with E-state index in [1.54, 1.807) is 6.92 Å². The standard InChI is InChI=1S/C15H16FN3O4S/c1-9-7-10(8-18-15(9)23-3)24(21,22)19(2)13-11(14(17)20)5-4-6-12(13)16/h4-8H,1-3H3,(H2,17,20). The molecule has 1 heterocycles. The summed E-state index contributed by atoms with van der Waals surface area (Å²) in [5.74, 6) is -1.54. The molecular formula is C15H16FN3O4S. The molecule has 128 valence electrons. The normalized spacial score (nSPS) is 11.2. The molecule has 24 heavy (non-hydrogen) atoms. The summed E-state index contributed by atoms with van der Waals surface area (Å²) in [5.41, 5.74) is 5.05. The van der Waals surface area contributed by atoms with Gasteiger partial charge in [0.1, 0.15) is 10.7 Å². The molecule has 0 aliphatic carbocycles. The molecule has 0 radical (unpaired) electrons. The summed E-state index contributed by atoms with van der Waals surface area (Å²) in [5, 5.41) is 0. The SMILES string of the molecule is COc1ncc(S(=O)(=O)N(C)c2c(F)cccc2C(N)=O)cc1C. The smallest absolute Gasteiger partial charge is 0.265 e. The van der Waals surface area contributed by atoms with Gasteiger partial charge in [0.25, 0.3) is 15.9 Å². The number of ether oxygens (including phenoxy) is 1. The second kappa shape index (κ2) is 6.44. The minimum atomic E-state index is -4.15.